The van der Waals surface area contributed by atoms with Crippen LogP contribution < -0.4 is 0 Å². The molecule has 0 fully saturated rings. The first-order valence-corrected chi connectivity index (χ1v) is 3.40. The molecule has 0 aromatic carbocycles. The summed E-state index contributed by atoms with van der Waals surface area (Å²) in [7, 11) is 5.62. The quantitative estimate of drug-likeness (QED) is 0.395. The second kappa shape index (κ2) is 3.18. The average molecular weight is 152 g/mol. The Balaban J connectivity index is 2.90. The predicted octanol–water partition coefficient (Wildman–Crippen LogP) is 0.279. The maximum Gasteiger partial charge on any atom is 0.220 e. The lowest BCUT2D eigenvalue weighted by molar-refractivity contribution is 0.581. The van der Waals surface area contributed by atoms with Gasteiger partial charge in [0.2, 0.25) is 5.96 Å². The molecule has 4 nitrogen and oxygen atoms in total. The third-order valence-electron chi connectivity index (χ3n) is 1.31. The highest BCUT2D eigenvalue weighted by molar-refractivity contribution is 5.80. The lowest BCUT2D eigenvalue weighted by Crippen LogP contribution is -2.29. The smallest absolute Gasteiger partial charge is 0.220 e. The van der Waals surface area contributed by atoms with Crippen molar-refractivity contribution in [3.8, 4) is 0 Å². The van der Waals surface area contributed by atoms with E-state index in [1.54, 1.807) is 17.9 Å². The van der Waals surface area contributed by atoms with Crippen molar-refractivity contribution in [1.82, 2.24) is 14.7 Å². The minimum absolute atomic E-state index is 0.829. The molecule has 0 spiro atoms. The second-order valence-corrected chi connectivity index (χ2v) is 2.37. The van der Waals surface area contributed by atoms with Crippen LogP contribution in [-0.2, 0) is 0 Å². The van der Waals surface area contributed by atoms with Crippen LogP contribution in [0.5, 0.6) is 0 Å². The summed E-state index contributed by atoms with van der Waals surface area (Å²) >= 11 is 0. The number of aliphatic imine (C=N–C) groups is 1. The summed E-state index contributed by atoms with van der Waals surface area (Å²) < 4.78 is 1.72. The lowest BCUT2D eigenvalue weighted by atomic mass is 10.7. The van der Waals surface area contributed by atoms with Crippen molar-refractivity contribution < 1.29 is 0 Å². The van der Waals surface area contributed by atoms with E-state index in [-0.39, 0.29) is 0 Å². The van der Waals surface area contributed by atoms with Crippen LogP contribution in [0.2, 0.25) is 0 Å². The molecule has 0 N–H and O–H groups in total. The van der Waals surface area contributed by atoms with Gasteiger partial charge in [-0.05, 0) is 6.07 Å². The Morgan fingerprint density at radius 2 is 2.27 bits per heavy atom. The van der Waals surface area contributed by atoms with Gasteiger partial charge in [0, 0.05) is 33.5 Å². The molecule has 0 atom stereocenters. The summed E-state index contributed by atoms with van der Waals surface area (Å²) in [5.41, 5.74) is 0. The molecule has 0 aliphatic rings. The Kier molecular flexibility index (Phi) is 2.25. The molecule has 0 amide bonds. The first-order chi connectivity index (χ1) is 5.25. The fraction of sp³-hybridized carbons (Fsp3) is 0.429. The minimum atomic E-state index is 0.829. The summed E-state index contributed by atoms with van der Waals surface area (Å²) in [5.74, 6) is 0.829. The summed E-state index contributed by atoms with van der Waals surface area (Å²) in [6, 6.07) is 1.87. The maximum atomic E-state index is 4.07. The zero-order valence-electron chi connectivity index (χ0n) is 7.02. The number of nitrogens with zero attached hydrogens (tertiary/aromatic N) is 4. The van der Waals surface area contributed by atoms with E-state index in [9.17, 15) is 0 Å². The van der Waals surface area contributed by atoms with E-state index in [2.05, 4.69) is 10.1 Å². The first-order valence-electron chi connectivity index (χ1n) is 3.40. The van der Waals surface area contributed by atoms with E-state index >= 15 is 0 Å². The molecule has 60 valence electrons. The number of hydrogen-bond acceptors (Lipinski definition) is 2. The van der Waals surface area contributed by atoms with E-state index in [4.69, 9.17) is 0 Å². The van der Waals surface area contributed by atoms with Gasteiger partial charge in [0.05, 0.1) is 0 Å². The number of hydrogen-bond donors (Lipinski definition) is 0. The van der Waals surface area contributed by atoms with E-state index in [1.165, 1.54) is 0 Å². The second-order valence-electron chi connectivity index (χ2n) is 2.37. The van der Waals surface area contributed by atoms with Crippen LogP contribution in [0.25, 0.3) is 0 Å². The van der Waals surface area contributed by atoms with Crippen LogP contribution in [0, 0.1) is 0 Å². The van der Waals surface area contributed by atoms with Gasteiger partial charge in [-0.3, -0.25) is 4.99 Å². The van der Waals surface area contributed by atoms with Gasteiger partial charge in [0.1, 0.15) is 0 Å². The van der Waals surface area contributed by atoms with E-state index in [1.807, 2.05) is 31.3 Å². The van der Waals surface area contributed by atoms with Crippen molar-refractivity contribution in [3.05, 3.63) is 18.5 Å². The predicted molar refractivity (Wildman–Crippen MR) is 44.7 cm³/mol. The third kappa shape index (κ3) is 1.58. The highest BCUT2D eigenvalue weighted by atomic mass is 15.4. The summed E-state index contributed by atoms with van der Waals surface area (Å²) in [4.78, 5) is 5.98. The van der Waals surface area contributed by atoms with Gasteiger partial charge >= 0.3 is 0 Å². The zero-order valence-corrected chi connectivity index (χ0v) is 7.02. The Bertz CT molecular complexity index is 235. The van der Waals surface area contributed by atoms with Gasteiger partial charge in [-0.25, -0.2) is 4.68 Å². The molecular weight excluding hydrogens is 140 g/mol. The van der Waals surface area contributed by atoms with E-state index in [0.717, 1.165) is 5.96 Å². The number of aromatic nitrogens is 2. The van der Waals surface area contributed by atoms with Crippen LogP contribution in [0.4, 0.5) is 0 Å². The highest BCUT2D eigenvalue weighted by Gasteiger charge is 2.01. The Hall–Kier alpha value is -1.32. The molecular formula is C7H12N4. The molecule has 0 radical (unpaired) electrons. The molecule has 1 aromatic heterocycles. The SMILES string of the molecule is C/N=C(/N(C)C)n1cccn1. The molecule has 11 heavy (non-hydrogen) atoms. The summed E-state index contributed by atoms with van der Waals surface area (Å²) in [6.07, 6.45) is 3.59. The largest absolute Gasteiger partial charge is 0.347 e. The topological polar surface area (TPSA) is 33.4 Å². The van der Waals surface area contributed by atoms with Crippen LogP contribution in [0.15, 0.2) is 23.5 Å². The van der Waals surface area contributed by atoms with Crippen molar-refractivity contribution in [2.75, 3.05) is 21.1 Å². The van der Waals surface area contributed by atoms with Crippen molar-refractivity contribution in [2.45, 2.75) is 0 Å². The minimum Gasteiger partial charge on any atom is -0.347 e. The molecule has 1 rings (SSSR count). The van der Waals surface area contributed by atoms with Gasteiger partial charge in [-0.15, -0.1) is 0 Å². The Morgan fingerprint density at radius 1 is 1.55 bits per heavy atom. The molecule has 4 heteroatoms. The third-order valence-corrected chi connectivity index (χ3v) is 1.31. The van der Waals surface area contributed by atoms with Gasteiger partial charge in [-0.1, -0.05) is 0 Å². The van der Waals surface area contributed by atoms with Crippen LogP contribution in [0.3, 0.4) is 0 Å². The van der Waals surface area contributed by atoms with E-state index in [0.29, 0.717) is 0 Å². The molecule has 0 bridgehead atoms. The van der Waals surface area contributed by atoms with Crippen LogP contribution >= 0.6 is 0 Å². The average Bonchev–Trinajstić information content (AvgIpc) is 2.40. The molecule has 0 saturated heterocycles. The van der Waals surface area contributed by atoms with Crippen LogP contribution in [-0.4, -0.2) is 41.8 Å². The molecule has 0 unspecified atom stereocenters. The van der Waals surface area contributed by atoms with Crippen molar-refractivity contribution in [1.29, 1.82) is 0 Å². The molecule has 0 aliphatic carbocycles. The van der Waals surface area contributed by atoms with E-state index < -0.39 is 0 Å². The monoisotopic (exact) mass is 152 g/mol. The highest BCUT2D eigenvalue weighted by Crippen LogP contribution is 1.88. The normalized spacial score (nSPS) is 11.7. The lowest BCUT2D eigenvalue weighted by Gasteiger charge is -2.13. The van der Waals surface area contributed by atoms with Gasteiger partial charge in [0.15, 0.2) is 0 Å². The molecule has 0 aliphatic heterocycles. The molecule has 1 aromatic rings. The Morgan fingerprint density at radius 3 is 2.64 bits per heavy atom. The fourth-order valence-electron chi connectivity index (χ4n) is 0.894. The fourth-order valence-corrected chi connectivity index (χ4v) is 0.894. The summed E-state index contributed by atoms with van der Waals surface area (Å²) in [5, 5.41) is 4.05. The maximum absolute atomic E-state index is 4.07. The summed E-state index contributed by atoms with van der Waals surface area (Å²) in [6.45, 7) is 0. The Labute approximate surface area is 66.2 Å². The number of rotatable bonds is 0. The van der Waals surface area contributed by atoms with Gasteiger partial charge < -0.3 is 4.90 Å². The van der Waals surface area contributed by atoms with Crippen molar-refractivity contribution in [2.24, 2.45) is 4.99 Å². The first kappa shape index (κ1) is 7.78. The van der Waals surface area contributed by atoms with Gasteiger partial charge in [0.25, 0.3) is 0 Å². The van der Waals surface area contributed by atoms with Crippen molar-refractivity contribution >= 4 is 5.96 Å². The standard InChI is InChI=1S/C7H12N4/c1-8-7(10(2)3)11-6-4-5-9-11/h4-6H,1-3H3/b8-7-. The molecule has 1 heterocycles. The van der Waals surface area contributed by atoms with Gasteiger partial charge in [-0.2, -0.15) is 5.10 Å². The van der Waals surface area contributed by atoms with Crippen molar-refractivity contribution in [3.63, 3.8) is 0 Å². The zero-order chi connectivity index (χ0) is 8.27. The van der Waals surface area contributed by atoms with Crippen LogP contribution in [0.1, 0.15) is 0 Å². The molecule has 0 saturated carbocycles.